The number of halogens is 1. The minimum atomic E-state index is 0.535. The van der Waals surface area contributed by atoms with Crippen LogP contribution in [0, 0.1) is 0 Å². The van der Waals surface area contributed by atoms with E-state index >= 15 is 0 Å². The van der Waals surface area contributed by atoms with Crippen LogP contribution < -0.4 is 9.47 Å². The Morgan fingerprint density at radius 2 is 1.15 bits per heavy atom. The van der Waals surface area contributed by atoms with Crippen molar-refractivity contribution in [3.8, 4) is 11.5 Å². The molecule has 0 N–H and O–H groups in total. The Morgan fingerprint density at radius 1 is 0.692 bits per heavy atom. The highest BCUT2D eigenvalue weighted by atomic mass is 79.9. The molecule has 0 saturated carbocycles. The van der Waals surface area contributed by atoms with Gasteiger partial charge in [0, 0.05) is 0 Å². The summed E-state index contributed by atoms with van der Waals surface area (Å²) in [5.74, 6) is 1.64. The van der Waals surface area contributed by atoms with E-state index in [1.807, 2.05) is 36.4 Å². The molecular weight excluding hydrogens is 388 g/mol. The van der Waals surface area contributed by atoms with E-state index in [4.69, 9.17) is 9.47 Å². The molecule has 2 nitrogen and oxygen atoms in total. The number of aryl methyl sites for hydroxylation is 1. The van der Waals surface area contributed by atoms with E-state index < -0.39 is 0 Å². The van der Waals surface area contributed by atoms with E-state index in [2.05, 4.69) is 59.3 Å². The van der Waals surface area contributed by atoms with Crippen LogP contribution in [0.4, 0.5) is 0 Å². The predicted octanol–water partition coefficient (Wildman–Crippen LogP) is 6.56. The monoisotopic (exact) mass is 410 g/mol. The van der Waals surface area contributed by atoms with Crippen molar-refractivity contribution in [2.24, 2.45) is 0 Å². The maximum absolute atomic E-state index is 6.08. The molecule has 0 bridgehead atoms. The number of hydrogen-bond acceptors (Lipinski definition) is 2. The highest BCUT2D eigenvalue weighted by Gasteiger charge is 2.12. The first kappa shape index (κ1) is 18.5. The summed E-state index contributed by atoms with van der Waals surface area (Å²) in [5, 5.41) is 0. The third-order valence-corrected chi connectivity index (χ3v) is 4.86. The maximum Gasteiger partial charge on any atom is 0.138 e. The Balaban J connectivity index is 1.78. The van der Waals surface area contributed by atoms with Crippen LogP contribution in [-0.2, 0) is 19.6 Å². The molecule has 0 unspecified atom stereocenters. The lowest BCUT2D eigenvalue weighted by molar-refractivity contribution is 0.285. The van der Waals surface area contributed by atoms with Gasteiger partial charge in [-0.15, -0.1) is 0 Å². The molecule has 0 amide bonds. The Labute approximate surface area is 163 Å². The Morgan fingerprint density at radius 3 is 1.58 bits per heavy atom. The topological polar surface area (TPSA) is 18.5 Å². The van der Waals surface area contributed by atoms with Crippen molar-refractivity contribution in [1.82, 2.24) is 0 Å². The van der Waals surface area contributed by atoms with Crippen LogP contribution in [0.1, 0.15) is 30.0 Å². The van der Waals surface area contributed by atoms with Crippen molar-refractivity contribution < 1.29 is 9.47 Å². The Kier molecular flexibility index (Phi) is 6.73. The molecule has 0 saturated heterocycles. The molecule has 0 fully saturated rings. The first-order valence-corrected chi connectivity index (χ1v) is 9.71. The molecule has 134 valence electrons. The standard InChI is InChI=1S/C23H23BrO2/c1-2-9-20-14-21(25-16-18-10-5-3-6-11-18)23(24)22(15-20)26-17-19-12-7-4-8-13-19/h3-8,10-15H,2,9,16-17H2,1H3. The zero-order valence-corrected chi connectivity index (χ0v) is 16.5. The Bertz CT molecular complexity index is 752. The average Bonchev–Trinajstić information content (AvgIpc) is 2.69. The molecule has 0 heterocycles. The molecule has 0 spiro atoms. The zero-order chi connectivity index (χ0) is 18.2. The lowest BCUT2D eigenvalue weighted by Crippen LogP contribution is -2.01. The van der Waals surface area contributed by atoms with Gasteiger partial charge in [0.05, 0.1) is 0 Å². The van der Waals surface area contributed by atoms with Gasteiger partial charge in [-0.3, -0.25) is 0 Å². The van der Waals surface area contributed by atoms with Crippen molar-refractivity contribution >= 4 is 15.9 Å². The van der Waals surface area contributed by atoms with Gasteiger partial charge in [0.25, 0.3) is 0 Å². The van der Waals surface area contributed by atoms with Crippen LogP contribution in [0.3, 0.4) is 0 Å². The second kappa shape index (κ2) is 9.44. The molecule has 3 rings (SSSR count). The van der Waals surface area contributed by atoms with E-state index in [-0.39, 0.29) is 0 Å². The smallest absolute Gasteiger partial charge is 0.138 e. The lowest BCUT2D eigenvalue weighted by Gasteiger charge is -2.15. The van der Waals surface area contributed by atoms with Crippen LogP contribution in [-0.4, -0.2) is 0 Å². The van der Waals surface area contributed by atoms with Crippen LogP contribution in [0.2, 0.25) is 0 Å². The molecule has 3 aromatic rings. The number of benzene rings is 3. The van der Waals surface area contributed by atoms with E-state index in [1.54, 1.807) is 0 Å². The lowest BCUT2D eigenvalue weighted by atomic mass is 10.1. The van der Waals surface area contributed by atoms with Crippen molar-refractivity contribution in [2.45, 2.75) is 33.0 Å². The van der Waals surface area contributed by atoms with Gasteiger partial charge in [0.15, 0.2) is 0 Å². The van der Waals surface area contributed by atoms with Gasteiger partial charge < -0.3 is 9.47 Å². The quantitative estimate of drug-likeness (QED) is 0.418. The van der Waals surface area contributed by atoms with Gasteiger partial charge in [0.1, 0.15) is 29.2 Å². The predicted molar refractivity (Wildman–Crippen MR) is 110 cm³/mol. The molecule has 3 aromatic carbocycles. The third-order valence-electron chi connectivity index (χ3n) is 4.08. The van der Waals surface area contributed by atoms with E-state index in [9.17, 15) is 0 Å². The second-order valence-electron chi connectivity index (χ2n) is 6.20. The van der Waals surface area contributed by atoms with Crippen LogP contribution in [0.15, 0.2) is 77.3 Å². The van der Waals surface area contributed by atoms with Crippen molar-refractivity contribution in [3.63, 3.8) is 0 Å². The van der Waals surface area contributed by atoms with Crippen molar-refractivity contribution in [2.75, 3.05) is 0 Å². The fourth-order valence-electron chi connectivity index (χ4n) is 2.74. The van der Waals surface area contributed by atoms with E-state index in [1.165, 1.54) is 5.56 Å². The van der Waals surface area contributed by atoms with Crippen molar-refractivity contribution in [1.29, 1.82) is 0 Å². The van der Waals surface area contributed by atoms with Gasteiger partial charge in [-0.25, -0.2) is 0 Å². The highest BCUT2D eigenvalue weighted by molar-refractivity contribution is 9.10. The van der Waals surface area contributed by atoms with Crippen molar-refractivity contribution in [3.05, 3.63) is 94.0 Å². The summed E-state index contributed by atoms with van der Waals surface area (Å²) in [5.41, 5.74) is 3.51. The number of ether oxygens (including phenoxy) is 2. The third kappa shape index (κ3) is 5.12. The SMILES string of the molecule is CCCc1cc(OCc2ccccc2)c(Br)c(OCc2ccccc2)c1. The molecule has 26 heavy (non-hydrogen) atoms. The second-order valence-corrected chi connectivity index (χ2v) is 7.00. The normalized spacial score (nSPS) is 10.5. The summed E-state index contributed by atoms with van der Waals surface area (Å²) in [4.78, 5) is 0. The van der Waals surface area contributed by atoms with E-state index in [0.717, 1.165) is 39.9 Å². The molecule has 0 aliphatic rings. The van der Waals surface area contributed by atoms with Crippen LogP contribution in [0.5, 0.6) is 11.5 Å². The van der Waals surface area contributed by atoms with E-state index in [0.29, 0.717) is 13.2 Å². The summed E-state index contributed by atoms with van der Waals surface area (Å²) in [6.45, 7) is 3.25. The minimum Gasteiger partial charge on any atom is -0.488 e. The van der Waals surface area contributed by atoms with Gasteiger partial charge >= 0.3 is 0 Å². The largest absolute Gasteiger partial charge is 0.488 e. The molecular formula is C23H23BrO2. The van der Waals surface area contributed by atoms with Crippen LogP contribution in [0.25, 0.3) is 0 Å². The zero-order valence-electron chi connectivity index (χ0n) is 15.0. The summed E-state index contributed by atoms with van der Waals surface area (Å²) in [6, 6.07) is 24.6. The minimum absolute atomic E-state index is 0.535. The first-order valence-electron chi connectivity index (χ1n) is 8.92. The average molecular weight is 411 g/mol. The maximum atomic E-state index is 6.08. The van der Waals surface area contributed by atoms with Gasteiger partial charge in [-0.05, 0) is 51.2 Å². The van der Waals surface area contributed by atoms with Gasteiger partial charge in [-0.1, -0.05) is 74.0 Å². The summed E-state index contributed by atoms with van der Waals surface area (Å²) in [6.07, 6.45) is 2.08. The summed E-state index contributed by atoms with van der Waals surface area (Å²) in [7, 11) is 0. The molecule has 0 aromatic heterocycles. The first-order chi connectivity index (χ1) is 12.8. The Hall–Kier alpha value is -2.26. The molecule has 0 atom stereocenters. The fraction of sp³-hybridized carbons (Fsp3) is 0.217. The number of rotatable bonds is 8. The fourth-order valence-corrected chi connectivity index (χ4v) is 3.20. The van der Waals surface area contributed by atoms with Gasteiger partial charge in [0.2, 0.25) is 0 Å². The summed E-state index contributed by atoms with van der Waals surface area (Å²) >= 11 is 3.66. The number of hydrogen-bond donors (Lipinski definition) is 0. The molecule has 3 heteroatoms. The highest BCUT2D eigenvalue weighted by Crippen LogP contribution is 2.37. The molecule has 0 aliphatic carbocycles. The van der Waals surface area contributed by atoms with Gasteiger partial charge in [-0.2, -0.15) is 0 Å². The van der Waals surface area contributed by atoms with Crippen LogP contribution >= 0.6 is 15.9 Å². The summed E-state index contributed by atoms with van der Waals surface area (Å²) < 4.78 is 13.0. The molecule has 0 aliphatic heterocycles. The molecule has 0 radical (unpaired) electrons.